The van der Waals surface area contributed by atoms with Gasteiger partial charge in [0.15, 0.2) is 18.1 Å². The van der Waals surface area contributed by atoms with Crippen molar-refractivity contribution in [2.24, 2.45) is 0 Å². The molecule has 0 aliphatic carbocycles. The van der Waals surface area contributed by atoms with Crippen molar-refractivity contribution < 1.29 is 19.4 Å². The summed E-state index contributed by atoms with van der Waals surface area (Å²) in [6.07, 6.45) is 0. The number of nitrogens with zero attached hydrogens (tertiary/aromatic N) is 1. The molecule has 0 bridgehead atoms. The number of methoxy groups -OCH3 is 1. The Morgan fingerprint density at radius 1 is 1.27 bits per heavy atom. The number of nitrogens with one attached hydrogen (secondary N) is 1. The third kappa shape index (κ3) is 3.90. The highest BCUT2D eigenvalue weighted by atomic mass is 16.5. The molecule has 2 aromatic rings. The molecule has 0 aromatic heterocycles. The van der Waals surface area contributed by atoms with Gasteiger partial charge in [-0.1, -0.05) is 6.07 Å². The molecule has 22 heavy (non-hydrogen) atoms. The smallest absolute Gasteiger partial charge is 0.262 e. The van der Waals surface area contributed by atoms with Gasteiger partial charge in [-0.15, -0.1) is 0 Å². The fraction of sp³-hybridized carbons (Fsp3) is 0.125. The maximum Gasteiger partial charge on any atom is 0.262 e. The van der Waals surface area contributed by atoms with Crippen molar-refractivity contribution in [3.8, 4) is 23.3 Å². The van der Waals surface area contributed by atoms with E-state index >= 15 is 0 Å². The van der Waals surface area contributed by atoms with Crippen LogP contribution in [0, 0.1) is 11.3 Å². The Kier molecular flexibility index (Phi) is 4.83. The number of hydrogen-bond donors (Lipinski definition) is 2. The first kappa shape index (κ1) is 15.2. The number of carbonyl (C=O) groups excluding carboxylic acids is 1. The van der Waals surface area contributed by atoms with Gasteiger partial charge < -0.3 is 19.9 Å². The van der Waals surface area contributed by atoms with Crippen LogP contribution < -0.4 is 14.8 Å². The monoisotopic (exact) mass is 298 g/mol. The van der Waals surface area contributed by atoms with E-state index in [4.69, 9.17) is 14.7 Å². The normalized spacial score (nSPS) is 9.64. The minimum Gasteiger partial charge on any atom is -0.508 e. The second kappa shape index (κ2) is 6.99. The summed E-state index contributed by atoms with van der Waals surface area (Å²) >= 11 is 0. The molecule has 2 rings (SSSR count). The van der Waals surface area contributed by atoms with E-state index < -0.39 is 0 Å². The number of benzene rings is 2. The zero-order valence-corrected chi connectivity index (χ0v) is 11.9. The summed E-state index contributed by atoms with van der Waals surface area (Å²) in [7, 11) is 1.45. The molecule has 0 fully saturated rings. The van der Waals surface area contributed by atoms with E-state index in [1.807, 2.05) is 6.07 Å². The summed E-state index contributed by atoms with van der Waals surface area (Å²) in [6.45, 7) is -0.224. The van der Waals surface area contributed by atoms with Gasteiger partial charge in [-0.05, 0) is 24.3 Å². The van der Waals surface area contributed by atoms with Crippen molar-refractivity contribution in [3.05, 3.63) is 48.0 Å². The maximum absolute atomic E-state index is 11.8. The summed E-state index contributed by atoms with van der Waals surface area (Å²) < 4.78 is 10.5. The quantitative estimate of drug-likeness (QED) is 0.883. The minimum absolute atomic E-state index is 0.0625. The Hall–Kier alpha value is -3.20. The predicted molar refractivity (Wildman–Crippen MR) is 79.9 cm³/mol. The van der Waals surface area contributed by atoms with Crippen LogP contribution in [0.2, 0.25) is 0 Å². The Morgan fingerprint density at radius 3 is 2.77 bits per heavy atom. The minimum atomic E-state index is -0.378. The van der Waals surface area contributed by atoms with Gasteiger partial charge in [0.25, 0.3) is 5.91 Å². The van der Waals surface area contributed by atoms with Crippen LogP contribution in [0.5, 0.6) is 17.2 Å². The number of rotatable bonds is 5. The molecule has 2 aromatic carbocycles. The lowest BCUT2D eigenvalue weighted by atomic mass is 10.2. The van der Waals surface area contributed by atoms with Crippen molar-refractivity contribution in [1.82, 2.24) is 0 Å². The number of anilines is 1. The summed E-state index contributed by atoms with van der Waals surface area (Å²) in [5.41, 5.74) is 0.911. The molecule has 0 atom stereocenters. The second-order valence-corrected chi connectivity index (χ2v) is 4.36. The van der Waals surface area contributed by atoms with E-state index in [9.17, 15) is 9.90 Å². The number of aromatic hydroxyl groups is 1. The molecule has 6 nitrogen and oxygen atoms in total. The molecule has 0 radical (unpaired) electrons. The average molecular weight is 298 g/mol. The average Bonchev–Trinajstić information content (AvgIpc) is 2.52. The lowest BCUT2D eigenvalue weighted by Gasteiger charge is -2.11. The van der Waals surface area contributed by atoms with Gasteiger partial charge in [-0.2, -0.15) is 5.26 Å². The van der Waals surface area contributed by atoms with E-state index in [1.54, 1.807) is 24.3 Å². The number of phenolic OH excluding ortho intramolecular Hbond substituents is 1. The van der Waals surface area contributed by atoms with E-state index in [0.717, 1.165) is 0 Å². The van der Waals surface area contributed by atoms with Gasteiger partial charge in [-0.3, -0.25) is 4.79 Å². The lowest BCUT2D eigenvalue weighted by molar-refractivity contribution is -0.118. The second-order valence-electron chi connectivity index (χ2n) is 4.36. The van der Waals surface area contributed by atoms with Crippen molar-refractivity contribution in [3.63, 3.8) is 0 Å². The molecular weight excluding hydrogens is 284 g/mol. The fourth-order valence-electron chi connectivity index (χ4n) is 1.78. The highest BCUT2D eigenvalue weighted by Gasteiger charge is 2.09. The van der Waals surface area contributed by atoms with E-state index in [1.165, 1.54) is 25.3 Å². The van der Waals surface area contributed by atoms with E-state index in [-0.39, 0.29) is 18.3 Å². The van der Waals surface area contributed by atoms with Crippen LogP contribution in [-0.2, 0) is 4.79 Å². The molecule has 2 N–H and O–H groups in total. The van der Waals surface area contributed by atoms with Crippen LogP contribution in [0.25, 0.3) is 0 Å². The van der Waals surface area contributed by atoms with Gasteiger partial charge in [0.05, 0.1) is 18.7 Å². The number of carbonyl (C=O) groups is 1. The molecule has 1 amide bonds. The Bertz CT molecular complexity index is 722. The van der Waals surface area contributed by atoms with Gasteiger partial charge in [0, 0.05) is 17.8 Å². The number of nitriles is 1. The summed E-state index contributed by atoms with van der Waals surface area (Å²) in [5.74, 6) is 0.432. The summed E-state index contributed by atoms with van der Waals surface area (Å²) in [4.78, 5) is 11.8. The first-order valence-corrected chi connectivity index (χ1v) is 6.42. The molecule has 0 heterocycles. The van der Waals surface area contributed by atoms with Crippen LogP contribution in [0.1, 0.15) is 5.56 Å². The van der Waals surface area contributed by atoms with Crippen molar-refractivity contribution in [2.75, 3.05) is 19.0 Å². The third-order valence-corrected chi connectivity index (χ3v) is 2.78. The topological polar surface area (TPSA) is 91.6 Å². The van der Waals surface area contributed by atoms with Crippen LogP contribution >= 0.6 is 0 Å². The van der Waals surface area contributed by atoms with Crippen molar-refractivity contribution >= 4 is 11.6 Å². The maximum atomic E-state index is 11.8. The molecule has 0 saturated carbocycles. The van der Waals surface area contributed by atoms with Crippen LogP contribution in [0.15, 0.2) is 42.5 Å². The van der Waals surface area contributed by atoms with Crippen LogP contribution in [0.4, 0.5) is 5.69 Å². The zero-order valence-electron chi connectivity index (χ0n) is 11.9. The molecular formula is C16H14N2O4. The highest BCUT2D eigenvalue weighted by molar-refractivity contribution is 5.92. The fourth-order valence-corrected chi connectivity index (χ4v) is 1.78. The highest BCUT2D eigenvalue weighted by Crippen LogP contribution is 2.27. The molecule has 112 valence electrons. The number of phenols is 1. The third-order valence-electron chi connectivity index (χ3n) is 2.78. The summed E-state index contributed by atoms with van der Waals surface area (Å²) in [5, 5.41) is 20.7. The van der Waals surface area contributed by atoms with Crippen molar-refractivity contribution in [2.45, 2.75) is 0 Å². The molecule has 0 unspecified atom stereocenters. The van der Waals surface area contributed by atoms with Crippen LogP contribution in [0.3, 0.4) is 0 Å². The Labute approximate surface area is 127 Å². The largest absolute Gasteiger partial charge is 0.508 e. The number of ether oxygens (including phenoxy) is 2. The molecule has 0 aliphatic heterocycles. The van der Waals surface area contributed by atoms with Gasteiger partial charge >= 0.3 is 0 Å². The predicted octanol–water partition coefficient (Wildman–Crippen LogP) is 2.29. The Balaban J connectivity index is 1.98. The van der Waals surface area contributed by atoms with Gasteiger partial charge in [0.2, 0.25) is 0 Å². The molecule has 0 spiro atoms. The Morgan fingerprint density at radius 2 is 2.09 bits per heavy atom. The summed E-state index contributed by atoms with van der Waals surface area (Å²) in [6, 6.07) is 12.9. The lowest BCUT2D eigenvalue weighted by Crippen LogP contribution is -2.20. The van der Waals surface area contributed by atoms with Gasteiger partial charge in [0.1, 0.15) is 5.75 Å². The standard InChI is InChI=1S/C16H14N2O4/c1-21-15-7-11(9-17)5-6-14(15)22-10-16(20)18-12-3-2-4-13(19)8-12/h2-8,19H,10H2,1H3,(H,18,20). The van der Waals surface area contributed by atoms with Crippen LogP contribution in [-0.4, -0.2) is 24.7 Å². The molecule has 6 heteroatoms. The first-order chi connectivity index (χ1) is 10.6. The van der Waals surface area contributed by atoms with Gasteiger partial charge in [-0.25, -0.2) is 0 Å². The van der Waals surface area contributed by atoms with Crippen molar-refractivity contribution in [1.29, 1.82) is 5.26 Å². The van der Waals surface area contributed by atoms with E-state index in [2.05, 4.69) is 5.32 Å². The zero-order chi connectivity index (χ0) is 15.9. The number of amides is 1. The first-order valence-electron chi connectivity index (χ1n) is 6.42. The molecule has 0 saturated heterocycles. The number of hydrogen-bond acceptors (Lipinski definition) is 5. The molecule has 0 aliphatic rings. The van der Waals surface area contributed by atoms with E-state index in [0.29, 0.717) is 22.7 Å². The SMILES string of the molecule is COc1cc(C#N)ccc1OCC(=O)Nc1cccc(O)c1.